The Labute approximate surface area is 118 Å². The Kier molecular flexibility index (Phi) is 4.47. The largest absolute Gasteiger partial charge is 0.325 e. The van der Waals surface area contributed by atoms with Crippen LogP contribution in [0.2, 0.25) is 0 Å². The zero-order valence-corrected chi connectivity index (χ0v) is 11.7. The third-order valence-electron chi connectivity index (χ3n) is 3.05. The van der Waals surface area contributed by atoms with Crippen molar-refractivity contribution in [2.75, 3.05) is 5.32 Å². The smallest absolute Gasteiger partial charge is 0.241 e. The van der Waals surface area contributed by atoms with Crippen molar-refractivity contribution in [2.45, 2.75) is 26.4 Å². The van der Waals surface area contributed by atoms with E-state index in [-0.39, 0.29) is 11.8 Å². The molecule has 0 radical (unpaired) electrons. The summed E-state index contributed by atoms with van der Waals surface area (Å²) in [6.07, 6.45) is 3.17. The second-order valence-corrected chi connectivity index (χ2v) is 5.05. The average molecular weight is 273 g/mol. The van der Waals surface area contributed by atoms with Gasteiger partial charge in [-0.3, -0.25) is 4.79 Å². The molecule has 2 rings (SSSR count). The molecule has 1 heterocycles. The van der Waals surface area contributed by atoms with Crippen LogP contribution in [0, 0.1) is 5.92 Å². The number of hydrogen-bond donors (Lipinski definition) is 2. The van der Waals surface area contributed by atoms with E-state index in [1.54, 1.807) is 11.0 Å². The fourth-order valence-corrected chi connectivity index (χ4v) is 1.72. The van der Waals surface area contributed by atoms with Crippen LogP contribution < -0.4 is 11.1 Å². The van der Waals surface area contributed by atoms with Crippen molar-refractivity contribution >= 4 is 11.6 Å². The number of amides is 1. The van der Waals surface area contributed by atoms with E-state index in [4.69, 9.17) is 5.73 Å². The minimum absolute atomic E-state index is 0.113. The van der Waals surface area contributed by atoms with E-state index in [2.05, 4.69) is 15.4 Å². The number of carbonyl (C=O) groups excluding carboxylic acids is 1. The predicted octanol–water partition coefficient (Wildman–Crippen LogP) is 1.25. The van der Waals surface area contributed by atoms with E-state index >= 15 is 0 Å². The summed E-state index contributed by atoms with van der Waals surface area (Å²) in [7, 11) is 0. The third-order valence-corrected chi connectivity index (χ3v) is 3.05. The summed E-state index contributed by atoms with van der Waals surface area (Å²) in [5.74, 6) is -0.0504. The Bertz CT molecular complexity index is 547. The average Bonchev–Trinajstić information content (AvgIpc) is 2.92. The molecule has 0 aliphatic heterocycles. The number of benzene rings is 1. The molecule has 106 valence electrons. The molecule has 1 amide bonds. The minimum Gasteiger partial charge on any atom is -0.325 e. The second kappa shape index (κ2) is 6.29. The Morgan fingerprint density at radius 2 is 2.05 bits per heavy atom. The quantitative estimate of drug-likeness (QED) is 0.858. The van der Waals surface area contributed by atoms with Crippen LogP contribution in [0.5, 0.6) is 0 Å². The lowest BCUT2D eigenvalue weighted by Crippen LogP contribution is -2.39. The summed E-state index contributed by atoms with van der Waals surface area (Å²) in [6.45, 7) is 4.50. The van der Waals surface area contributed by atoms with Crippen LogP contribution in [0.25, 0.3) is 0 Å². The molecule has 0 saturated carbocycles. The fraction of sp³-hybridized carbons (Fsp3) is 0.357. The number of nitrogens with zero attached hydrogens (tertiary/aromatic N) is 3. The van der Waals surface area contributed by atoms with Gasteiger partial charge in [-0.05, 0) is 23.6 Å². The van der Waals surface area contributed by atoms with E-state index in [0.29, 0.717) is 6.54 Å². The van der Waals surface area contributed by atoms with Crippen molar-refractivity contribution in [1.29, 1.82) is 0 Å². The van der Waals surface area contributed by atoms with Gasteiger partial charge in [0, 0.05) is 5.69 Å². The molecule has 0 saturated heterocycles. The van der Waals surface area contributed by atoms with Crippen LogP contribution in [-0.2, 0) is 11.3 Å². The van der Waals surface area contributed by atoms with Crippen LogP contribution in [0.3, 0.4) is 0 Å². The fourth-order valence-electron chi connectivity index (χ4n) is 1.72. The molecule has 1 aromatic heterocycles. The number of hydrogen-bond acceptors (Lipinski definition) is 4. The molecule has 3 N–H and O–H groups in total. The number of rotatable bonds is 5. The van der Waals surface area contributed by atoms with Gasteiger partial charge in [0.25, 0.3) is 0 Å². The van der Waals surface area contributed by atoms with Gasteiger partial charge in [0.1, 0.15) is 12.7 Å². The molecule has 0 fully saturated rings. The topological polar surface area (TPSA) is 85.8 Å². The highest BCUT2D eigenvalue weighted by Crippen LogP contribution is 2.11. The van der Waals surface area contributed by atoms with Crippen molar-refractivity contribution in [3.8, 4) is 0 Å². The van der Waals surface area contributed by atoms with Gasteiger partial charge >= 0.3 is 0 Å². The first-order valence-electron chi connectivity index (χ1n) is 6.54. The highest BCUT2D eigenvalue weighted by atomic mass is 16.2. The summed E-state index contributed by atoms with van der Waals surface area (Å²) in [5.41, 5.74) is 7.63. The van der Waals surface area contributed by atoms with E-state index < -0.39 is 6.04 Å². The zero-order chi connectivity index (χ0) is 14.5. The normalized spacial score (nSPS) is 12.4. The summed E-state index contributed by atoms with van der Waals surface area (Å²) in [5, 5.41) is 6.85. The predicted molar refractivity (Wildman–Crippen MR) is 77.0 cm³/mol. The molecular formula is C14H19N5O. The first kappa shape index (κ1) is 14.2. The summed E-state index contributed by atoms with van der Waals surface area (Å²) >= 11 is 0. The molecule has 0 aliphatic rings. The molecular weight excluding hydrogens is 254 g/mol. The highest BCUT2D eigenvalue weighted by molar-refractivity contribution is 5.94. The van der Waals surface area contributed by atoms with Crippen molar-refractivity contribution in [1.82, 2.24) is 14.8 Å². The zero-order valence-electron chi connectivity index (χ0n) is 11.7. The Balaban J connectivity index is 1.96. The monoisotopic (exact) mass is 273 g/mol. The molecule has 0 unspecified atom stereocenters. The van der Waals surface area contributed by atoms with Crippen molar-refractivity contribution in [3.63, 3.8) is 0 Å². The molecule has 20 heavy (non-hydrogen) atoms. The molecule has 6 nitrogen and oxygen atoms in total. The van der Waals surface area contributed by atoms with Gasteiger partial charge in [0.05, 0.1) is 12.6 Å². The van der Waals surface area contributed by atoms with Crippen LogP contribution in [0.4, 0.5) is 5.69 Å². The standard InChI is InChI=1S/C14H19N5O/c1-10(2)13(15)14(20)18-12-5-3-11(4-6-12)7-19-9-16-8-17-19/h3-6,8-10,13H,7,15H2,1-2H3,(H,18,20)/t13-/m1/s1. The first-order valence-corrected chi connectivity index (χ1v) is 6.54. The van der Waals surface area contributed by atoms with E-state index in [1.165, 1.54) is 6.33 Å². The SMILES string of the molecule is CC(C)[C@@H](N)C(=O)Nc1ccc(Cn2cncn2)cc1. The lowest BCUT2D eigenvalue weighted by atomic mass is 10.0. The van der Waals surface area contributed by atoms with Gasteiger partial charge in [-0.2, -0.15) is 5.10 Å². The number of nitrogens with one attached hydrogen (secondary N) is 1. The molecule has 6 heteroatoms. The first-order chi connectivity index (χ1) is 9.56. The highest BCUT2D eigenvalue weighted by Gasteiger charge is 2.16. The number of nitrogens with two attached hydrogens (primary N) is 1. The minimum atomic E-state index is -0.496. The molecule has 1 atom stereocenters. The molecule has 2 aromatic rings. The van der Waals surface area contributed by atoms with Crippen molar-refractivity contribution in [2.24, 2.45) is 11.7 Å². The summed E-state index contributed by atoms with van der Waals surface area (Å²) in [4.78, 5) is 15.7. The van der Waals surface area contributed by atoms with Gasteiger partial charge in [-0.1, -0.05) is 26.0 Å². The Hall–Kier alpha value is -2.21. The molecule has 1 aromatic carbocycles. The van der Waals surface area contributed by atoms with Crippen LogP contribution in [-0.4, -0.2) is 26.7 Å². The number of aromatic nitrogens is 3. The van der Waals surface area contributed by atoms with Gasteiger partial charge in [0.2, 0.25) is 5.91 Å². The lowest BCUT2D eigenvalue weighted by molar-refractivity contribution is -0.118. The molecule has 0 bridgehead atoms. The van der Waals surface area contributed by atoms with Gasteiger partial charge in [-0.25, -0.2) is 9.67 Å². The van der Waals surface area contributed by atoms with Gasteiger partial charge < -0.3 is 11.1 Å². The maximum atomic E-state index is 11.8. The third kappa shape index (κ3) is 3.64. The second-order valence-electron chi connectivity index (χ2n) is 5.05. The molecule has 0 spiro atoms. The van der Waals surface area contributed by atoms with Crippen LogP contribution >= 0.6 is 0 Å². The lowest BCUT2D eigenvalue weighted by Gasteiger charge is -2.15. The maximum Gasteiger partial charge on any atom is 0.241 e. The van der Waals surface area contributed by atoms with Crippen molar-refractivity contribution in [3.05, 3.63) is 42.5 Å². The summed E-state index contributed by atoms with van der Waals surface area (Å²) < 4.78 is 1.74. The van der Waals surface area contributed by atoms with Crippen LogP contribution in [0.15, 0.2) is 36.9 Å². The molecule has 0 aliphatic carbocycles. The number of carbonyl (C=O) groups is 1. The van der Waals surface area contributed by atoms with E-state index in [0.717, 1.165) is 11.3 Å². The Morgan fingerprint density at radius 1 is 1.35 bits per heavy atom. The van der Waals surface area contributed by atoms with Gasteiger partial charge in [0.15, 0.2) is 0 Å². The van der Waals surface area contributed by atoms with Crippen molar-refractivity contribution < 1.29 is 4.79 Å². The number of anilines is 1. The van der Waals surface area contributed by atoms with Crippen LogP contribution in [0.1, 0.15) is 19.4 Å². The summed E-state index contributed by atoms with van der Waals surface area (Å²) in [6, 6.07) is 7.11. The van der Waals surface area contributed by atoms with E-state index in [9.17, 15) is 4.79 Å². The Morgan fingerprint density at radius 3 is 2.60 bits per heavy atom. The van der Waals surface area contributed by atoms with E-state index in [1.807, 2.05) is 38.1 Å². The maximum absolute atomic E-state index is 11.8. The van der Waals surface area contributed by atoms with Gasteiger partial charge in [-0.15, -0.1) is 0 Å².